The van der Waals surface area contributed by atoms with Crippen LogP contribution in [0.5, 0.6) is 0 Å². The highest BCUT2D eigenvalue weighted by Crippen LogP contribution is 2.20. The quantitative estimate of drug-likeness (QED) is 0.770. The number of carbonyl (C=O) groups excluding carboxylic acids is 1. The summed E-state index contributed by atoms with van der Waals surface area (Å²) < 4.78 is 0. The molecule has 2 saturated heterocycles. The van der Waals surface area contributed by atoms with Crippen LogP contribution in [-0.4, -0.2) is 47.9 Å². The van der Waals surface area contributed by atoms with Crippen molar-refractivity contribution in [3.63, 3.8) is 0 Å². The summed E-state index contributed by atoms with van der Waals surface area (Å²) >= 11 is 0. The summed E-state index contributed by atoms with van der Waals surface area (Å²) in [5, 5.41) is 0. The van der Waals surface area contributed by atoms with Gasteiger partial charge in [-0.3, -0.25) is 9.69 Å². The number of likely N-dealkylation sites (tertiary alicyclic amines) is 2. The van der Waals surface area contributed by atoms with E-state index in [9.17, 15) is 4.79 Å². The third-order valence-electron chi connectivity index (χ3n) is 4.70. The largest absolute Gasteiger partial charge is 0.342 e. The van der Waals surface area contributed by atoms with Gasteiger partial charge in [-0.25, -0.2) is 0 Å². The Hall–Kier alpha value is -0.570. The van der Waals surface area contributed by atoms with Gasteiger partial charge in [0, 0.05) is 19.1 Å². The maximum Gasteiger partial charge on any atom is 0.236 e. The van der Waals surface area contributed by atoms with Gasteiger partial charge in [-0.1, -0.05) is 20.3 Å². The second kappa shape index (κ2) is 6.55. The van der Waals surface area contributed by atoms with E-state index in [-0.39, 0.29) is 0 Å². The zero-order chi connectivity index (χ0) is 13.0. The molecule has 2 heterocycles. The van der Waals surface area contributed by atoms with Crippen LogP contribution >= 0.6 is 0 Å². The Kier molecular flexibility index (Phi) is 5.04. The number of carbonyl (C=O) groups is 1. The summed E-state index contributed by atoms with van der Waals surface area (Å²) in [6.45, 7) is 8.27. The molecule has 0 aromatic carbocycles. The fourth-order valence-corrected chi connectivity index (χ4v) is 3.26. The van der Waals surface area contributed by atoms with Crippen molar-refractivity contribution < 1.29 is 4.79 Å². The van der Waals surface area contributed by atoms with Gasteiger partial charge < -0.3 is 4.90 Å². The number of nitrogens with zero attached hydrogens (tertiary/aromatic N) is 2. The maximum atomic E-state index is 12.3. The highest BCUT2D eigenvalue weighted by molar-refractivity contribution is 5.78. The van der Waals surface area contributed by atoms with Crippen LogP contribution < -0.4 is 0 Å². The van der Waals surface area contributed by atoms with Crippen molar-refractivity contribution in [2.75, 3.05) is 26.2 Å². The third-order valence-corrected chi connectivity index (χ3v) is 4.70. The topological polar surface area (TPSA) is 23.6 Å². The SMILES string of the molecule is CC[C@@H]1CCCCN1CC(=O)N1CCC(C)CC1. The second-order valence-electron chi connectivity index (χ2n) is 6.09. The lowest BCUT2D eigenvalue weighted by Crippen LogP contribution is -2.48. The van der Waals surface area contributed by atoms with Gasteiger partial charge in [-0.05, 0) is 44.6 Å². The molecule has 1 amide bonds. The summed E-state index contributed by atoms with van der Waals surface area (Å²) in [5.74, 6) is 1.16. The molecule has 0 aliphatic carbocycles. The van der Waals surface area contributed by atoms with Crippen LogP contribution in [0.4, 0.5) is 0 Å². The van der Waals surface area contributed by atoms with E-state index < -0.39 is 0 Å². The number of amides is 1. The van der Waals surface area contributed by atoms with E-state index in [0.717, 1.165) is 25.6 Å². The minimum absolute atomic E-state index is 0.363. The molecule has 2 rings (SSSR count). The highest BCUT2D eigenvalue weighted by atomic mass is 16.2. The van der Waals surface area contributed by atoms with Crippen LogP contribution in [0.1, 0.15) is 52.4 Å². The second-order valence-corrected chi connectivity index (χ2v) is 6.09. The first-order valence-electron chi connectivity index (χ1n) is 7.72. The van der Waals surface area contributed by atoms with E-state index in [2.05, 4.69) is 23.6 Å². The third kappa shape index (κ3) is 3.47. The van der Waals surface area contributed by atoms with Crippen molar-refractivity contribution in [1.82, 2.24) is 9.80 Å². The first-order valence-corrected chi connectivity index (χ1v) is 7.72. The summed E-state index contributed by atoms with van der Waals surface area (Å²) in [5.41, 5.74) is 0. The molecule has 0 N–H and O–H groups in total. The molecule has 0 bridgehead atoms. The molecule has 3 heteroatoms. The van der Waals surface area contributed by atoms with E-state index in [4.69, 9.17) is 0 Å². The molecule has 0 unspecified atom stereocenters. The average Bonchev–Trinajstić information content (AvgIpc) is 2.40. The Labute approximate surface area is 112 Å². The predicted octanol–water partition coefficient (Wildman–Crippen LogP) is 2.51. The zero-order valence-electron chi connectivity index (χ0n) is 12.0. The van der Waals surface area contributed by atoms with Gasteiger partial charge in [0.2, 0.25) is 5.91 Å². The molecule has 0 spiro atoms. The van der Waals surface area contributed by atoms with Crippen LogP contribution in [0.2, 0.25) is 0 Å². The number of hydrogen-bond acceptors (Lipinski definition) is 2. The van der Waals surface area contributed by atoms with E-state index >= 15 is 0 Å². The fourth-order valence-electron chi connectivity index (χ4n) is 3.26. The molecule has 0 saturated carbocycles. The Morgan fingerprint density at radius 3 is 2.50 bits per heavy atom. The van der Waals surface area contributed by atoms with Crippen molar-refractivity contribution in [1.29, 1.82) is 0 Å². The number of hydrogen-bond donors (Lipinski definition) is 0. The Bertz CT molecular complexity index is 272. The Morgan fingerprint density at radius 1 is 1.11 bits per heavy atom. The first kappa shape index (κ1) is 13.9. The van der Waals surface area contributed by atoms with Crippen molar-refractivity contribution in [3.05, 3.63) is 0 Å². The van der Waals surface area contributed by atoms with Crippen molar-refractivity contribution in [2.45, 2.75) is 58.4 Å². The molecule has 0 radical (unpaired) electrons. The molecule has 0 aromatic heterocycles. The smallest absolute Gasteiger partial charge is 0.236 e. The number of rotatable bonds is 3. The van der Waals surface area contributed by atoms with Gasteiger partial charge in [-0.2, -0.15) is 0 Å². The minimum Gasteiger partial charge on any atom is -0.342 e. The summed E-state index contributed by atoms with van der Waals surface area (Å²) in [7, 11) is 0. The highest BCUT2D eigenvalue weighted by Gasteiger charge is 2.26. The number of piperidine rings is 2. The van der Waals surface area contributed by atoms with Crippen molar-refractivity contribution in [2.24, 2.45) is 5.92 Å². The van der Waals surface area contributed by atoms with Crippen molar-refractivity contribution >= 4 is 5.91 Å². The first-order chi connectivity index (χ1) is 8.70. The lowest BCUT2D eigenvalue weighted by atomic mass is 9.98. The standard InChI is InChI=1S/C15H28N2O/c1-3-14-6-4-5-9-17(14)12-15(18)16-10-7-13(2)8-11-16/h13-14H,3-12H2,1-2H3/t14-/m1/s1. The molecular weight excluding hydrogens is 224 g/mol. The van der Waals surface area contributed by atoms with Crippen LogP contribution in [0, 0.1) is 5.92 Å². The molecule has 3 nitrogen and oxygen atoms in total. The average molecular weight is 252 g/mol. The molecule has 104 valence electrons. The molecule has 2 aliphatic heterocycles. The zero-order valence-corrected chi connectivity index (χ0v) is 12.0. The van der Waals surface area contributed by atoms with Crippen LogP contribution in [0.3, 0.4) is 0 Å². The van der Waals surface area contributed by atoms with Gasteiger partial charge in [-0.15, -0.1) is 0 Å². The van der Waals surface area contributed by atoms with Crippen LogP contribution in [0.25, 0.3) is 0 Å². The monoisotopic (exact) mass is 252 g/mol. The summed E-state index contributed by atoms with van der Waals surface area (Å²) in [6.07, 6.45) is 7.43. The van der Waals surface area contributed by atoms with E-state index in [0.29, 0.717) is 18.5 Å². The summed E-state index contributed by atoms with van der Waals surface area (Å²) in [6, 6.07) is 0.645. The minimum atomic E-state index is 0.363. The molecule has 1 atom stereocenters. The van der Waals surface area contributed by atoms with Gasteiger partial charge in [0.05, 0.1) is 6.54 Å². The Morgan fingerprint density at radius 2 is 1.83 bits per heavy atom. The van der Waals surface area contributed by atoms with Gasteiger partial charge in [0.15, 0.2) is 0 Å². The predicted molar refractivity (Wildman–Crippen MR) is 74.5 cm³/mol. The van der Waals surface area contributed by atoms with Gasteiger partial charge >= 0.3 is 0 Å². The van der Waals surface area contributed by atoms with E-state index in [1.807, 2.05) is 0 Å². The van der Waals surface area contributed by atoms with Gasteiger partial charge in [0.1, 0.15) is 0 Å². The maximum absolute atomic E-state index is 12.3. The lowest BCUT2D eigenvalue weighted by Gasteiger charge is -2.37. The molecule has 2 aliphatic rings. The van der Waals surface area contributed by atoms with Gasteiger partial charge in [0.25, 0.3) is 0 Å². The van der Waals surface area contributed by atoms with E-state index in [1.54, 1.807) is 0 Å². The van der Waals surface area contributed by atoms with E-state index in [1.165, 1.54) is 38.5 Å². The van der Waals surface area contributed by atoms with Crippen molar-refractivity contribution in [3.8, 4) is 0 Å². The molecule has 0 aromatic rings. The van der Waals surface area contributed by atoms with Crippen LogP contribution in [-0.2, 0) is 4.79 Å². The lowest BCUT2D eigenvalue weighted by molar-refractivity contribution is -0.134. The fraction of sp³-hybridized carbons (Fsp3) is 0.933. The molecular formula is C15H28N2O. The summed E-state index contributed by atoms with van der Waals surface area (Å²) in [4.78, 5) is 16.8. The molecule has 18 heavy (non-hydrogen) atoms. The molecule has 2 fully saturated rings. The Balaban J connectivity index is 1.82. The normalized spacial score (nSPS) is 27.4. The van der Waals surface area contributed by atoms with Crippen LogP contribution in [0.15, 0.2) is 0 Å².